The Kier molecular flexibility index (Phi) is 5.40. The zero-order valence-electron chi connectivity index (χ0n) is 12.8. The predicted molar refractivity (Wildman–Crippen MR) is 78.7 cm³/mol. The van der Waals surface area contributed by atoms with Crippen LogP contribution in [-0.4, -0.2) is 20.1 Å². The van der Waals surface area contributed by atoms with E-state index in [9.17, 15) is 4.79 Å². The maximum atomic E-state index is 11.7. The molecule has 0 aliphatic carbocycles. The molecule has 1 amide bonds. The van der Waals surface area contributed by atoms with Gasteiger partial charge in [-0.2, -0.15) is 0 Å². The molecule has 0 aliphatic rings. The van der Waals surface area contributed by atoms with Gasteiger partial charge in [0.1, 0.15) is 5.75 Å². The van der Waals surface area contributed by atoms with E-state index in [4.69, 9.17) is 4.74 Å². The van der Waals surface area contributed by atoms with Gasteiger partial charge in [0.25, 0.3) is 0 Å². The Balaban J connectivity index is 3.21. The van der Waals surface area contributed by atoms with Gasteiger partial charge in [0.2, 0.25) is 5.91 Å². The molecule has 3 heteroatoms. The van der Waals surface area contributed by atoms with Crippen LogP contribution in [0.2, 0.25) is 0 Å². The van der Waals surface area contributed by atoms with E-state index < -0.39 is 0 Å². The molecule has 1 unspecified atom stereocenters. The predicted octanol–water partition coefficient (Wildman–Crippen LogP) is 3.19. The average Bonchev–Trinajstić information content (AvgIpc) is 2.38. The number of methoxy groups -OCH3 is 1. The normalized spacial score (nSPS) is 12.4. The number of benzene rings is 1. The van der Waals surface area contributed by atoms with Crippen LogP contribution < -0.4 is 10.1 Å². The van der Waals surface area contributed by atoms with E-state index in [-0.39, 0.29) is 11.8 Å². The highest BCUT2D eigenvalue weighted by molar-refractivity contribution is 5.76. The molecule has 1 N–H and O–H groups in total. The van der Waals surface area contributed by atoms with Crippen LogP contribution >= 0.6 is 0 Å². The molecular weight excluding hydrogens is 238 g/mol. The van der Waals surface area contributed by atoms with Crippen LogP contribution in [0.15, 0.2) is 12.1 Å². The van der Waals surface area contributed by atoms with Crippen molar-refractivity contribution >= 4 is 5.91 Å². The maximum absolute atomic E-state index is 11.7. The Morgan fingerprint density at radius 1 is 1.26 bits per heavy atom. The number of aryl methyl sites for hydroxylation is 2. The van der Waals surface area contributed by atoms with Crippen molar-refractivity contribution in [3.05, 3.63) is 28.8 Å². The summed E-state index contributed by atoms with van der Waals surface area (Å²) < 4.78 is 5.50. The maximum Gasteiger partial charge on any atom is 0.220 e. The lowest BCUT2D eigenvalue weighted by Gasteiger charge is -2.24. The number of nitrogens with one attached hydrogen (secondary N) is 1. The summed E-state index contributed by atoms with van der Waals surface area (Å²) in [4.78, 5) is 11.7. The molecule has 0 aromatic heterocycles. The number of hydrogen-bond acceptors (Lipinski definition) is 2. The fraction of sp³-hybridized carbons (Fsp3) is 0.562. The summed E-state index contributed by atoms with van der Waals surface area (Å²) in [6, 6.07) is 4.21. The highest BCUT2D eigenvalue weighted by atomic mass is 16.5. The smallest absolute Gasteiger partial charge is 0.220 e. The summed E-state index contributed by atoms with van der Waals surface area (Å²) in [5.41, 5.74) is 3.57. The Labute approximate surface area is 116 Å². The second kappa shape index (κ2) is 6.60. The highest BCUT2D eigenvalue weighted by Gasteiger charge is 2.23. The molecule has 1 aromatic rings. The summed E-state index contributed by atoms with van der Waals surface area (Å²) in [6.07, 6.45) is 0.493. The van der Waals surface area contributed by atoms with Crippen molar-refractivity contribution in [3.8, 4) is 5.75 Å². The first-order chi connectivity index (χ1) is 8.90. The highest BCUT2D eigenvalue weighted by Crippen LogP contribution is 2.36. The number of ether oxygens (including phenoxy) is 1. The standard InChI is InChI=1S/C16H25NO2/c1-10(2)13(9-16(18)17-5)14-7-11(3)12(4)8-15(14)19-6/h7-8,10,13H,9H2,1-6H3,(H,17,18). The van der Waals surface area contributed by atoms with Gasteiger partial charge in [-0.25, -0.2) is 0 Å². The Morgan fingerprint density at radius 2 is 1.84 bits per heavy atom. The van der Waals surface area contributed by atoms with Gasteiger partial charge in [-0.3, -0.25) is 4.79 Å². The van der Waals surface area contributed by atoms with Crippen molar-refractivity contribution in [2.75, 3.05) is 14.2 Å². The van der Waals surface area contributed by atoms with E-state index >= 15 is 0 Å². The van der Waals surface area contributed by atoms with Crippen molar-refractivity contribution in [2.24, 2.45) is 5.92 Å². The minimum atomic E-state index is 0.0685. The van der Waals surface area contributed by atoms with Gasteiger partial charge in [-0.05, 0) is 48.4 Å². The topological polar surface area (TPSA) is 38.3 Å². The van der Waals surface area contributed by atoms with Crippen LogP contribution in [-0.2, 0) is 4.79 Å². The summed E-state index contributed by atoms with van der Waals surface area (Å²) in [6.45, 7) is 8.45. The van der Waals surface area contributed by atoms with Crippen molar-refractivity contribution in [3.63, 3.8) is 0 Å². The Morgan fingerprint density at radius 3 is 2.32 bits per heavy atom. The lowest BCUT2D eigenvalue weighted by molar-refractivity contribution is -0.121. The zero-order valence-corrected chi connectivity index (χ0v) is 12.8. The molecule has 0 radical (unpaired) electrons. The molecule has 1 atom stereocenters. The molecule has 0 spiro atoms. The third kappa shape index (κ3) is 3.72. The monoisotopic (exact) mass is 263 g/mol. The molecule has 19 heavy (non-hydrogen) atoms. The fourth-order valence-electron chi connectivity index (χ4n) is 2.29. The molecule has 106 valence electrons. The second-order valence-electron chi connectivity index (χ2n) is 5.41. The molecule has 3 nitrogen and oxygen atoms in total. The number of carbonyl (C=O) groups excluding carboxylic acids is 1. The molecule has 0 bridgehead atoms. The summed E-state index contributed by atoms with van der Waals surface area (Å²) in [5, 5.41) is 2.70. The Hall–Kier alpha value is -1.51. The molecule has 0 fully saturated rings. The second-order valence-corrected chi connectivity index (χ2v) is 5.41. The number of rotatable bonds is 5. The van der Waals surface area contributed by atoms with Gasteiger partial charge < -0.3 is 10.1 Å². The third-order valence-electron chi connectivity index (χ3n) is 3.73. The van der Waals surface area contributed by atoms with Crippen molar-refractivity contribution < 1.29 is 9.53 Å². The van der Waals surface area contributed by atoms with Gasteiger partial charge in [0, 0.05) is 13.5 Å². The fourth-order valence-corrected chi connectivity index (χ4v) is 2.29. The lowest BCUT2D eigenvalue weighted by Crippen LogP contribution is -2.23. The van der Waals surface area contributed by atoms with Crippen LogP contribution in [0.25, 0.3) is 0 Å². The minimum absolute atomic E-state index is 0.0685. The average molecular weight is 263 g/mol. The van der Waals surface area contributed by atoms with Gasteiger partial charge >= 0.3 is 0 Å². The largest absolute Gasteiger partial charge is 0.496 e. The first kappa shape index (κ1) is 15.5. The van der Waals surface area contributed by atoms with E-state index in [0.717, 1.165) is 11.3 Å². The van der Waals surface area contributed by atoms with E-state index in [0.29, 0.717) is 12.3 Å². The van der Waals surface area contributed by atoms with E-state index in [1.807, 2.05) is 0 Å². The summed E-state index contributed by atoms with van der Waals surface area (Å²) in [5.74, 6) is 1.51. The first-order valence-corrected chi connectivity index (χ1v) is 6.76. The summed E-state index contributed by atoms with van der Waals surface area (Å²) >= 11 is 0. The minimum Gasteiger partial charge on any atom is -0.496 e. The molecule has 0 heterocycles. The van der Waals surface area contributed by atoms with Crippen molar-refractivity contribution in [1.82, 2.24) is 5.32 Å². The van der Waals surface area contributed by atoms with Crippen LogP contribution in [0.3, 0.4) is 0 Å². The molecular formula is C16H25NO2. The van der Waals surface area contributed by atoms with E-state index in [1.54, 1.807) is 14.2 Å². The zero-order chi connectivity index (χ0) is 14.6. The SMILES string of the molecule is CNC(=O)CC(c1cc(C)c(C)cc1OC)C(C)C. The first-order valence-electron chi connectivity index (χ1n) is 6.76. The van der Waals surface area contributed by atoms with Crippen molar-refractivity contribution in [1.29, 1.82) is 0 Å². The van der Waals surface area contributed by atoms with Crippen LogP contribution in [0.4, 0.5) is 0 Å². The van der Waals surface area contributed by atoms with Crippen LogP contribution in [0.1, 0.15) is 42.9 Å². The van der Waals surface area contributed by atoms with Crippen molar-refractivity contribution in [2.45, 2.75) is 40.0 Å². The molecule has 0 aliphatic heterocycles. The summed E-state index contributed by atoms with van der Waals surface area (Å²) in [7, 11) is 3.36. The molecule has 1 aromatic carbocycles. The lowest BCUT2D eigenvalue weighted by atomic mass is 9.83. The van der Waals surface area contributed by atoms with Crippen LogP contribution in [0, 0.1) is 19.8 Å². The van der Waals surface area contributed by atoms with Gasteiger partial charge in [-0.1, -0.05) is 19.9 Å². The third-order valence-corrected chi connectivity index (χ3v) is 3.73. The number of hydrogen-bond donors (Lipinski definition) is 1. The molecule has 0 saturated carbocycles. The number of carbonyl (C=O) groups is 1. The molecule has 1 rings (SSSR count). The van der Waals surface area contributed by atoms with Crippen LogP contribution in [0.5, 0.6) is 5.75 Å². The van der Waals surface area contributed by atoms with E-state index in [1.165, 1.54) is 11.1 Å². The van der Waals surface area contributed by atoms with Gasteiger partial charge in [0.15, 0.2) is 0 Å². The Bertz CT molecular complexity index is 452. The van der Waals surface area contributed by atoms with Gasteiger partial charge in [0.05, 0.1) is 7.11 Å². The number of amides is 1. The van der Waals surface area contributed by atoms with E-state index in [2.05, 4.69) is 45.1 Å². The molecule has 0 saturated heterocycles. The van der Waals surface area contributed by atoms with Gasteiger partial charge in [-0.15, -0.1) is 0 Å². The quantitative estimate of drug-likeness (QED) is 0.886.